The van der Waals surface area contributed by atoms with Crippen LogP contribution in [0, 0.1) is 6.92 Å². The number of hydrogen-bond acceptors (Lipinski definition) is 5. The van der Waals surface area contributed by atoms with E-state index in [4.69, 9.17) is 0 Å². The molecule has 3 heterocycles. The molecular weight excluding hydrogens is 342 g/mol. The van der Waals surface area contributed by atoms with Crippen molar-refractivity contribution in [3.05, 3.63) is 29.6 Å². The summed E-state index contributed by atoms with van der Waals surface area (Å²) in [6.07, 6.45) is 4.57. The Morgan fingerprint density at radius 1 is 1.26 bits per heavy atom. The minimum absolute atomic E-state index is 0.0438. The zero-order chi connectivity index (χ0) is 19.1. The number of aliphatic hydroxyl groups is 1. The first kappa shape index (κ1) is 20.0. The number of piperidine rings is 1. The molecule has 0 spiro atoms. The van der Waals surface area contributed by atoms with Crippen molar-refractivity contribution < 1.29 is 9.90 Å². The van der Waals surface area contributed by atoms with Crippen LogP contribution < -0.4 is 5.32 Å². The number of nitrogens with one attached hydrogen (secondary N) is 1. The summed E-state index contributed by atoms with van der Waals surface area (Å²) in [5, 5.41) is 12.7. The number of hydrogen-bond donors (Lipinski definition) is 2. The van der Waals surface area contributed by atoms with Gasteiger partial charge in [-0.05, 0) is 50.9 Å². The van der Waals surface area contributed by atoms with Gasteiger partial charge in [-0.15, -0.1) is 0 Å². The lowest BCUT2D eigenvalue weighted by molar-refractivity contribution is 0.0701. The van der Waals surface area contributed by atoms with Gasteiger partial charge in [0.1, 0.15) is 0 Å². The van der Waals surface area contributed by atoms with Gasteiger partial charge < -0.3 is 20.2 Å². The van der Waals surface area contributed by atoms with Crippen LogP contribution in [0.25, 0.3) is 0 Å². The molecule has 0 bridgehead atoms. The Morgan fingerprint density at radius 3 is 2.81 bits per heavy atom. The molecule has 1 aromatic rings. The average Bonchev–Trinajstić information content (AvgIpc) is 2.67. The van der Waals surface area contributed by atoms with Crippen molar-refractivity contribution in [1.29, 1.82) is 0 Å². The molecule has 2 N–H and O–H groups in total. The van der Waals surface area contributed by atoms with Gasteiger partial charge in [-0.1, -0.05) is 6.07 Å². The van der Waals surface area contributed by atoms with Crippen molar-refractivity contribution in [2.24, 2.45) is 0 Å². The van der Waals surface area contributed by atoms with E-state index in [1.54, 1.807) is 0 Å². The Morgan fingerprint density at radius 2 is 2.07 bits per heavy atom. The molecule has 2 saturated heterocycles. The second-order valence-corrected chi connectivity index (χ2v) is 7.71. The maximum atomic E-state index is 12.4. The fourth-order valence-corrected chi connectivity index (χ4v) is 3.85. The van der Waals surface area contributed by atoms with Gasteiger partial charge in [0.15, 0.2) is 0 Å². The molecule has 0 saturated carbocycles. The van der Waals surface area contributed by atoms with Crippen molar-refractivity contribution >= 4 is 6.03 Å². The number of nitrogens with zero attached hydrogens (tertiary/aromatic N) is 4. The molecule has 2 aliphatic rings. The number of urea groups is 1. The summed E-state index contributed by atoms with van der Waals surface area (Å²) in [6, 6.07) is 4.10. The van der Waals surface area contributed by atoms with Crippen LogP contribution in [-0.2, 0) is 6.54 Å². The smallest absolute Gasteiger partial charge is 0.317 e. The first-order valence-corrected chi connectivity index (χ1v) is 10.2. The fraction of sp³-hybridized carbons (Fsp3) is 0.700. The Labute approximate surface area is 162 Å². The number of β-amino-alcohol motifs (C(OH)–C–C–N with tert-alkyl or cyclic N) is 1. The number of aryl methyl sites for hydroxylation is 1. The maximum absolute atomic E-state index is 12.4. The first-order chi connectivity index (χ1) is 13.1. The lowest BCUT2D eigenvalue weighted by atomic mass is 10.1. The molecule has 3 rings (SSSR count). The van der Waals surface area contributed by atoms with E-state index in [1.807, 2.05) is 17.2 Å². The molecule has 2 amide bonds. The second-order valence-electron chi connectivity index (χ2n) is 7.71. The van der Waals surface area contributed by atoms with Crippen molar-refractivity contribution in [2.45, 2.75) is 38.8 Å². The third-order valence-corrected chi connectivity index (χ3v) is 5.56. The summed E-state index contributed by atoms with van der Waals surface area (Å²) < 4.78 is 0. The molecule has 0 unspecified atom stereocenters. The molecule has 2 aliphatic heterocycles. The molecule has 27 heavy (non-hydrogen) atoms. The van der Waals surface area contributed by atoms with Crippen LogP contribution >= 0.6 is 0 Å². The summed E-state index contributed by atoms with van der Waals surface area (Å²) in [5.74, 6) is 0. The van der Waals surface area contributed by atoms with Gasteiger partial charge in [-0.2, -0.15) is 0 Å². The number of likely N-dealkylation sites (tertiary alicyclic amines) is 1. The largest absolute Gasteiger partial charge is 0.392 e. The predicted octanol–water partition coefficient (Wildman–Crippen LogP) is 1.06. The number of carbonyl (C=O) groups excluding carboxylic acids is 1. The van der Waals surface area contributed by atoms with Crippen molar-refractivity contribution in [3.63, 3.8) is 0 Å². The third-order valence-electron chi connectivity index (χ3n) is 5.56. The summed E-state index contributed by atoms with van der Waals surface area (Å²) >= 11 is 0. The zero-order valence-corrected chi connectivity index (χ0v) is 16.4. The number of rotatable bonds is 6. The van der Waals surface area contributed by atoms with Gasteiger partial charge in [-0.3, -0.25) is 9.88 Å². The lowest BCUT2D eigenvalue weighted by Crippen LogP contribution is -2.51. The number of aliphatic hydroxyl groups excluding tert-OH is 1. The highest BCUT2D eigenvalue weighted by molar-refractivity contribution is 5.74. The van der Waals surface area contributed by atoms with E-state index in [2.05, 4.69) is 33.1 Å². The minimum Gasteiger partial charge on any atom is -0.392 e. The summed E-state index contributed by atoms with van der Waals surface area (Å²) in [5.41, 5.74) is 2.34. The number of piperazine rings is 1. The Bertz CT molecular complexity index is 604. The number of carbonyl (C=O) groups is 1. The van der Waals surface area contributed by atoms with Gasteiger partial charge >= 0.3 is 6.03 Å². The maximum Gasteiger partial charge on any atom is 0.317 e. The van der Waals surface area contributed by atoms with E-state index >= 15 is 0 Å². The SMILES string of the molecule is Cc1cccnc1CN1CCN(C(=O)NCCCN2CCC[C@@H](O)C2)CC1. The van der Waals surface area contributed by atoms with Crippen molar-refractivity contribution in [1.82, 2.24) is 25.0 Å². The topological polar surface area (TPSA) is 71.9 Å². The quantitative estimate of drug-likeness (QED) is 0.728. The van der Waals surface area contributed by atoms with Crippen LogP contribution in [0.3, 0.4) is 0 Å². The predicted molar refractivity (Wildman–Crippen MR) is 106 cm³/mol. The van der Waals surface area contributed by atoms with Gasteiger partial charge in [0.25, 0.3) is 0 Å². The monoisotopic (exact) mass is 375 g/mol. The molecule has 0 radical (unpaired) electrons. The Kier molecular flexibility index (Phi) is 7.43. The third kappa shape index (κ3) is 6.16. The van der Waals surface area contributed by atoms with Crippen LogP contribution in [-0.4, -0.2) is 89.3 Å². The van der Waals surface area contributed by atoms with Crippen LogP contribution in [0.1, 0.15) is 30.5 Å². The summed E-state index contributed by atoms with van der Waals surface area (Å²) in [4.78, 5) is 23.4. The standard InChI is InChI=1S/C20H33N5O2/c1-17-5-2-7-21-19(17)16-24-11-13-25(14-12-24)20(27)22-8-4-10-23-9-3-6-18(26)15-23/h2,5,7,18,26H,3-4,6,8-16H2,1H3,(H,22,27)/t18-/m1/s1. The molecule has 1 atom stereocenters. The molecular formula is C20H33N5O2. The van der Waals surface area contributed by atoms with E-state index in [9.17, 15) is 9.90 Å². The highest BCUT2D eigenvalue weighted by Crippen LogP contribution is 2.11. The first-order valence-electron chi connectivity index (χ1n) is 10.2. The van der Waals surface area contributed by atoms with Gasteiger partial charge in [0.2, 0.25) is 0 Å². The molecule has 0 aliphatic carbocycles. The van der Waals surface area contributed by atoms with Gasteiger partial charge in [0.05, 0.1) is 11.8 Å². The zero-order valence-electron chi connectivity index (χ0n) is 16.4. The Balaban J connectivity index is 1.31. The van der Waals surface area contributed by atoms with Crippen LogP contribution in [0.15, 0.2) is 18.3 Å². The van der Waals surface area contributed by atoms with E-state index < -0.39 is 0 Å². The molecule has 2 fully saturated rings. The highest BCUT2D eigenvalue weighted by Gasteiger charge is 2.22. The van der Waals surface area contributed by atoms with Crippen LogP contribution in [0.2, 0.25) is 0 Å². The fourth-order valence-electron chi connectivity index (χ4n) is 3.85. The van der Waals surface area contributed by atoms with Crippen molar-refractivity contribution in [3.8, 4) is 0 Å². The van der Waals surface area contributed by atoms with E-state index in [-0.39, 0.29) is 12.1 Å². The number of aromatic nitrogens is 1. The average molecular weight is 376 g/mol. The summed E-state index contributed by atoms with van der Waals surface area (Å²) in [7, 11) is 0. The number of amides is 2. The van der Waals surface area contributed by atoms with E-state index in [1.165, 1.54) is 5.56 Å². The molecule has 1 aromatic heterocycles. The van der Waals surface area contributed by atoms with Gasteiger partial charge in [-0.25, -0.2) is 4.79 Å². The van der Waals surface area contributed by atoms with E-state index in [0.717, 1.165) is 77.3 Å². The summed E-state index contributed by atoms with van der Waals surface area (Å²) in [6.45, 7) is 9.69. The van der Waals surface area contributed by atoms with Crippen molar-refractivity contribution in [2.75, 3.05) is 52.4 Å². The van der Waals surface area contributed by atoms with Gasteiger partial charge in [0, 0.05) is 52.0 Å². The minimum atomic E-state index is -0.181. The molecule has 7 nitrogen and oxygen atoms in total. The van der Waals surface area contributed by atoms with E-state index in [0.29, 0.717) is 6.54 Å². The molecule has 0 aromatic carbocycles. The molecule has 150 valence electrons. The molecule has 7 heteroatoms. The van der Waals surface area contributed by atoms with Crippen LogP contribution in [0.4, 0.5) is 4.79 Å². The van der Waals surface area contributed by atoms with Crippen LogP contribution in [0.5, 0.6) is 0 Å². The Hall–Kier alpha value is -1.70. The number of pyridine rings is 1. The highest BCUT2D eigenvalue weighted by atomic mass is 16.3. The lowest BCUT2D eigenvalue weighted by Gasteiger charge is -2.34. The second kappa shape index (κ2) is 10.0. The normalized spacial score (nSPS) is 22.0.